The number of nitrogens with one attached hydrogen (secondary N) is 1. The second-order valence-electron chi connectivity index (χ2n) is 4.78. The van der Waals surface area contributed by atoms with Crippen molar-refractivity contribution in [2.24, 2.45) is 0 Å². The molecule has 2 rings (SSSR count). The minimum Gasteiger partial charge on any atom is -0.493 e. The predicted octanol–water partition coefficient (Wildman–Crippen LogP) is 3.29. The van der Waals surface area contributed by atoms with Crippen molar-refractivity contribution < 1.29 is 9.47 Å². The van der Waals surface area contributed by atoms with Crippen molar-refractivity contribution in [3.63, 3.8) is 0 Å². The molecule has 3 heteroatoms. The van der Waals surface area contributed by atoms with Crippen molar-refractivity contribution in [2.75, 3.05) is 13.7 Å². The smallest absolute Gasteiger partial charge is 0.161 e. The van der Waals surface area contributed by atoms with Crippen LogP contribution < -0.4 is 14.8 Å². The molecule has 1 unspecified atom stereocenters. The van der Waals surface area contributed by atoms with Gasteiger partial charge in [0, 0.05) is 12.6 Å². The lowest BCUT2D eigenvalue weighted by Gasteiger charge is -2.19. The average molecular weight is 261 g/mol. The summed E-state index contributed by atoms with van der Waals surface area (Å²) in [7, 11) is 1.68. The summed E-state index contributed by atoms with van der Waals surface area (Å²) in [5, 5.41) is 3.59. The number of methoxy groups -OCH3 is 1. The highest BCUT2D eigenvalue weighted by Crippen LogP contribution is 2.28. The van der Waals surface area contributed by atoms with E-state index in [4.69, 9.17) is 9.47 Å². The number of allylic oxidation sites excluding steroid dienone is 1. The zero-order chi connectivity index (χ0) is 13.5. The molecular weight excluding hydrogens is 238 g/mol. The Labute approximate surface area is 115 Å². The van der Waals surface area contributed by atoms with Gasteiger partial charge in [-0.25, -0.2) is 0 Å². The third-order valence-corrected chi connectivity index (χ3v) is 3.39. The molecule has 1 aromatic carbocycles. The molecule has 0 radical (unpaired) electrons. The van der Waals surface area contributed by atoms with Crippen LogP contribution in [0, 0.1) is 0 Å². The number of benzene rings is 1. The lowest BCUT2D eigenvalue weighted by molar-refractivity contribution is 0.310. The third-order valence-electron chi connectivity index (χ3n) is 3.39. The van der Waals surface area contributed by atoms with Gasteiger partial charge in [-0.1, -0.05) is 18.2 Å². The Hall–Kier alpha value is -1.48. The molecule has 0 saturated carbocycles. The van der Waals surface area contributed by atoms with E-state index in [1.807, 2.05) is 13.0 Å². The SMILES string of the molecule is CCOc1ccc(CNC2CC=CCC2)cc1OC. The number of hydrogen-bond donors (Lipinski definition) is 1. The summed E-state index contributed by atoms with van der Waals surface area (Å²) >= 11 is 0. The van der Waals surface area contributed by atoms with Gasteiger partial charge in [-0.3, -0.25) is 0 Å². The van der Waals surface area contributed by atoms with Crippen LogP contribution in [0.25, 0.3) is 0 Å². The Balaban J connectivity index is 1.94. The van der Waals surface area contributed by atoms with Gasteiger partial charge in [0.25, 0.3) is 0 Å². The largest absolute Gasteiger partial charge is 0.493 e. The summed E-state index contributed by atoms with van der Waals surface area (Å²) in [5.74, 6) is 1.62. The molecule has 0 heterocycles. The summed E-state index contributed by atoms with van der Waals surface area (Å²) in [5.41, 5.74) is 1.23. The summed E-state index contributed by atoms with van der Waals surface area (Å²) < 4.78 is 10.9. The van der Waals surface area contributed by atoms with Gasteiger partial charge in [0.05, 0.1) is 13.7 Å². The molecule has 0 saturated heterocycles. The monoisotopic (exact) mass is 261 g/mol. The van der Waals surface area contributed by atoms with E-state index in [1.165, 1.54) is 18.4 Å². The van der Waals surface area contributed by atoms with Gasteiger partial charge in [-0.05, 0) is 43.9 Å². The molecule has 1 aliphatic rings. The standard InChI is InChI=1S/C16H23NO2/c1-3-19-15-10-9-13(11-16(15)18-2)12-17-14-7-5-4-6-8-14/h4-5,9-11,14,17H,3,6-8,12H2,1-2H3. The molecule has 1 N–H and O–H groups in total. The Morgan fingerprint density at radius 3 is 2.84 bits per heavy atom. The predicted molar refractivity (Wildman–Crippen MR) is 77.8 cm³/mol. The number of ether oxygens (including phenoxy) is 2. The molecule has 1 aliphatic carbocycles. The van der Waals surface area contributed by atoms with Crippen molar-refractivity contribution in [1.82, 2.24) is 5.32 Å². The molecule has 0 bridgehead atoms. The van der Waals surface area contributed by atoms with E-state index in [0.29, 0.717) is 12.6 Å². The first-order valence-corrected chi connectivity index (χ1v) is 7.01. The van der Waals surface area contributed by atoms with Crippen LogP contribution in [0.1, 0.15) is 31.7 Å². The van der Waals surface area contributed by atoms with Gasteiger partial charge in [0.15, 0.2) is 11.5 Å². The van der Waals surface area contributed by atoms with E-state index in [0.717, 1.165) is 24.5 Å². The fraction of sp³-hybridized carbons (Fsp3) is 0.500. The van der Waals surface area contributed by atoms with E-state index >= 15 is 0 Å². The highest BCUT2D eigenvalue weighted by Gasteiger charge is 2.10. The normalized spacial score (nSPS) is 18.3. The summed E-state index contributed by atoms with van der Waals surface area (Å²) in [4.78, 5) is 0. The minimum absolute atomic E-state index is 0.600. The van der Waals surface area contributed by atoms with Gasteiger partial charge < -0.3 is 14.8 Å². The van der Waals surface area contributed by atoms with Crippen molar-refractivity contribution in [3.05, 3.63) is 35.9 Å². The van der Waals surface area contributed by atoms with Crippen LogP contribution in [0.15, 0.2) is 30.4 Å². The molecule has 0 aromatic heterocycles. The van der Waals surface area contributed by atoms with Crippen molar-refractivity contribution >= 4 is 0 Å². The van der Waals surface area contributed by atoms with E-state index in [2.05, 4.69) is 29.6 Å². The van der Waals surface area contributed by atoms with Crippen LogP contribution >= 0.6 is 0 Å². The summed E-state index contributed by atoms with van der Waals surface area (Å²) in [6, 6.07) is 6.73. The fourth-order valence-electron chi connectivity index (χ4n) is 2.34. The van der Waals surface area contributed by atoms with Crippen LogP contribution in [-0.4, -0.2) is 19.8 Å². The van der Waals surface area contributed by atoms with Crippen LogP contribution in [0.4, 0.5) is 0 Å². The molecule has 3 nitrogen and oxygen atoms in total. The molecule has 104 valence electrons. The summed E-state index contributed by atoms with van der Waals surface area (Å²) in [6.07, 6.45) is 8.07. The molecule has 0 aliphatic heterocycles. The second kappa shape index (κ2) is 7.19. The Kier molecular flexibility index (Phi) is 5.28. The molecule has 0 fully saturated rings. The minimum atomic E-state index is 0.600. The lowest BCUT2D eigenvalue weighted by atomic mass is 10.0. The fourth-order valence-corrected chi connectivity index (χ4v) is 2.34. The third kappa shape index (κ3) is 4.00. The maximum absolute atomic E-state index is 5.52. The Bertz CT molecular complexity index is 429. The van der Waals surface area contributed by atoms with Crippen LogP contribution in [0.5, 0.6) is 11.5 Å². The van der Waals surface area contributed by atoms with E-state index < -0.39 is 0 Å². The van der Waals surface area contributed by atoms with Gasteiger partial charge in [-0.15, -0.1) is 0 Å². The van der Waals surface area contributed by atoms with Gasteiger partial charge in [0.2, 0.25) is 0 Å². The average Bonchev–Trinajstić information content (AvgIpc) is 2.47. The van der Waals surface area contributed by atoms with Crippen LogP contribution in [-0.2, 0) is 6.54 Å². The van der Waals surface area contributed by atoms with Crippen molar-refractivity contribution in [2.45, 2.75) is 38.8 Å². The molecule has 19 heavy (non-hydrogen) atoms. The molecular formula is C16H23NO2. The van der Waals surface area contributed by atoms with E-state index in [9.17, 15) is 0 Å². The first-order valence-electron chi connectivity index (χ1n) is 7.01. The zero-order valence-corrected chi connectivity index (χ0v) is 11.8. The molecule has 0 amide bonds. The van der Waals surface area contributed by atoms with Crippen molar-refractivity contribution in [1.29, 1.82) is 0 Å². The number of rotatable bonds is 6. The van der Waals surface area contributed by atoms with Crippen LogP contribution in [0.3, 0.4) is 0 Å². The topological polar surface area (TPSA) is 30.5 Å². The summed E-state index contributed by atoms with van der Waals surface area (Å²) in [6.45, 7) is 3.51. The highest BCUT2D eigenvalue weighted by atomic mass is 16.5. The number of hydrogen-bond acceptors (Lipinski definition) is 3. The first kappa shape index (κ1) is 13.9. The highest BCUT2D eigenvalue weighted by molar-refractivity contribution is 5.42. The first-order chi connectivity index (χ1) is 9.33. The van der Waals surface area contributed by atoms with E-state index in [1.54, 1.807) is 7.11 Å². The van der Waals surface area contributed by atoms with Crippen LogP contribution in [0.2, 0.25) is 0 Å². The Morgan fingerprint density at radius 2 is 2.16 bits per heavy atom. The Morgan fingerprint density at radius 1 is 1.26 bits per heavy atom. The molecule has 1 atom stereocenters. The molecule has 1 aromatic rings. The maximum atomic E-state index is 5.52. The van der Waals surface area contributed by atoms with Crippen molar-refractivity contribution in [3.8, 4) is 11.5 Å². The quantitative estimate of drug-likeness (QED) is 0.797. The molecule has 0 spiro atoms. The van der Waals surface area contributed by atoms with Gasteiger partial charge in [0.1, 0.15) is 0 Å². The van der Waals surface area contributed by atoms with E-state index in [-0.39, 0.29) is 0 Å². The zero-order valence-electron chi connectivity index (χ0n) is 11.8. The van der Waals surface area contributed by atoms with Gasteiger partial charge in [-0.2, -0.15) is 0 Å². The lowest BCUT2D eigenvalue weighted by Crippen LogP contribution is -2.29. The van der Waals surface area contributed by atoms with Gasteiger partial charge >= 0.3 is 0 Å². The maximum Gasteiger partial charge on any atom is 0.161 e. The second-order valence-corrected chi connectivity index (χ2v) is 4.78.